The minimum atomic E-state index is -0.368. The first kappa shape index (κ1) is 20.7. The zero-order chi connectivity index (χ0) is 21.0. The van der Waals surface area contributed by atoms with Gasteiger partial charge in [0.1, 0.15) is 11.6 Å². The van der Waals surface area contributed by atoms with Crippen molar-refractivity contribution in [2.45, 2.75) is 59.4 Å². The second kappa shape index (κ2) is 8.96. The van der Waals surface area contributed by atoms with Crippen LogP contribution in [0.4, 0.5) is 5.69 Å². The molecular weight excluding hydrogens is 358 g/mol. The fourth-order valence-electron chi connectivity index (χ4n) is 4.08. The van der Waals surface area contributed by atoms with Crippen LogP contribution in [0.3, 0.4) is 0 Å². The van der Waals surface area contributed by atoms with E-state index in [0.29, 0.717) is 0 Å². The molecular formula is C25H29N3O. The Balaban J connectivity index is 1.71. The molecule has 0 saturated carbocycles. The summed E-state index contributed by atoms with van der Waals surface area (Å²) < 4.78 is 0. The van der Waals surface area contributed by atoms with E-state index < -0.39 is 0 Å². The predicted octanol–water partition coefficient (Wildman–Crippen LogP) is 5.19. The van der Waals surface area contributed by atoms with Gasteiger partial charge in [0.05, 0.1) is 6.04 Å². The lowest BCUT2D eigenvalue weighted by molar-refractivity contribution is -0.117. The Labute approximate surface area is 173 Å². The lowest BCUT2D eigenvalue weighted by Crippen LogP contribution is -2.28. The second-order valence-corrected chi connectivity index (χ2v) is 8.02. The van der Waals surface area contributed by atoms with Crippen LogP contribution in [-0.4, -0.2) is 5.91 Å². The van der Waals surface area contributed by atoms with Crippen molar-refractivity contribution >= 4 is 11.6 Å². The number of rotatable bonds is 5. The first-order valence-corrected chi connectivity index (χ1v) is 10.3. The fraction of sp³-hybridized carbons (Fsp3) is 0.360. The van der Waals surface area contributed by atoms with E-state index in [0.717, 1.165) is 35.2 Å². The average Bonchev–Trinajstić information content (AvgIpc) is 2.69. The van der Waals surface area contributed by atoms with Crippen molar-refractivity contribution in [3.05, 3.63) is 75.5 Å². The Morgan fingerprint density at radius 3 is 2.38 bits per heavy atom. The van der Waals surface area contributed by atoms with Crippen molar-refractivity contribution in [2.24, 2.45) is 0 Å². The summed E-state index contributed by atoms with van der Waals surface area (Å²) >= 11 is 0. The van der Waals surface area contributed by atoms with Crippen LogP contribution in [0.15, 0.2) is 42.1 Å². The maximum atomic E-state index is 12.7. The zero-order valence-electron chi connectivity index (χ0n) is 17.7. The second-order valence-electron chi connectivity index (χ2n) is 8.02. The maximum Gasteiger partial charge on any atom is 0.263 e. The number of nitrogens with zero attached hydrogens (tertiary/aromatic N) is 1. The summed E-state index contributed by atoms with van der Waals surface area (Å²) in [5, 5.41) is 15.6. The summed E-state index contributed by atoms with van der Waals surface area (Å²) in [5.41, 5.74) is 8.23. The van der Waals surface area contributed by atoms with Crippen molar-refractivity contribution in [1.29, 1.82) is 5.26 Å². The minimum absolute atomic E-state index is 0.0641. The fourth-order valence-corrected chi connectivity index (χ4v) is 4.08. The third kappa shape index (κ3) is 4.86. The van der Waals surface area contributed by atoms with Crippen molar-refractivity contribution in [2.75, 3.05) is 5.32 Å². The topological polar surface area (TPSA) is 64.9 Å². The highest BCUT2D eigenvalue weighted by atomic mass is 16.1. The number of amides is 1. The number of hydrogen-bond acceptors (Lipinski definition) is 3. The van der Waals surface area contributed by atoms with E-state index in [9.17, 15) is 10.1 Å². The number of nitrogens with one attached hydrogen (secondary N) is 2. The van der Waals surface area contributed by atoms with Crippen molar-refractivity contribution in [1.82, 2.24) is 5.32 Å². The molecule has 2 N–H and O–H groups in total. The van der Waals surface area contributed by atoms with E-state index in [1.807, 2.05) is 26.8 Å². The van der Waals surface area contributed by atoms with E-state index in [4.69, 9.17) is 0 Å². The number of benzene rings is 2. The molecule has 1 unspecified atom stereocenters. The van der Waals surface area contributed by atoms with E-state index in [1.165, 1.54) is 35.7 Å². The molecule has 0 aromatic heterocycles. The lowest BCUT2D eigenvalue weighted by atomic mass is 9.89. The minimum Gasteiger partial charge on any atom is -0.360 e. The average molecular weight is 388 g/mol. The summed E-state index contributed by atoms with van der Waals surface area (Å²) in [7, 11) is 0. The molecule has 2 aromatic carbocycles. The van der Waals surface area contributed by atoms with Gasteiger partial charge in [-0.3, -0.25) is 4.79 Å². The summed E-state index contributed by atoms with van der Waals surface area (Å²) in [6.45, 7) is 8.04. The largest absolute Gasteiger partial charge is 0.360 e. The van der Waals surface area contributed by atoms with E-state index in [2.05, 4.69) is 47.9 Å². The molecule has 0 heterocycles. The molecule has 29 heavy (non-hydrogen) atoms. The molecule has 0 saturated heterocycles. The SMILES string of the molecule is Cc1cc(C)c(N/C=C(/C#N)C(=O)NC(C)c2ccc3c(c2)CCCC3)c(C)c1. The number of aryl methyl sites for hydroxylation is 5. The van der Waals surface area contributed by atoms with Gasteiger partial charge in [-0.2, -0.15) is 5.26 Å². The van der Waals surface area contributed by atoms with Gasteiger partial charge in [0.2, 0.25) is 0 Å². The van der Waals surface area contributed by atoms with E-state index >= 15 is 0 Å². The summed E-state index contributed by atoms with van der Waals surface area (Å²) in [6.07, 6.45) is 6.22. The zero-order valence-corrected chi connectivity index (χ0v) is 17.7. The van der Waals surface area contributed by atoms with Gasteiger partial charge < -0.3 is 10.6 Å². The van der Waals surface area contributed by atoms with Crippen LogP contribution in [-0.2, 0) is 17.6 Å². The summed E-state index contributed by atoms with van der Waals surface area (Å²) in [5.74, 6) is -0.368. The maximum absolute atomic E-state index is 12.7. The highest BCUT2D eigenvalue weighted by Crippen LogP contribution is 2.25. The first-order chi connectivity index (χ1) is 13.9. The third-order valence-corrected chi connectivity index (χ3v) is 5.62. The number of carbonyl (C=O) groups is 1. The standard InChI is InChI=1S/C25H29N3O/c1-16-11-17(2)24(18(3)12-16)27-15-23(14-26)25(29)28-19(4)21-10-9-20-7-5-6-8-22(20)13-21/h9-13,15,19,27H,5-8H2,1-4H3,(H,28,29)/b23-15-. The summed E-state index contributed by atoms with van der Waals surface area (Å²) in [4.78, 5) is 12.7. The molecule has 1 atom stereocenters. The molecule has 4 heteroatoms. The lowest BCUT2D eigenvalue weighted by Gasteiger charge is -2.20. The molecule has 1 aliphatic carbocycles. The van der Waals surface area contributed by atoms with Crippen LogP contribution in [0, 0.1) is 32.1 Å². The Hall–Kier alpha value is -3.06. The molecule has 1 amide bonds. The number of carbonyl (C=O) groups excluding carboxylic acids is 1. The molecule has 1 aliphatic rings. The Morgan fingerprint density at radius 1 is 1.07 bits per heavy atom. The molecule has 0 radical (unpaired) electrons. The molecule has 0 fully saturated rings. The van der Waals surface area contributed by atoms with Gasteiger partial charge in [0.25, 0.3) is 5.91 Å². The molecule has 3 rings (SSSR count). The van der Waals surface area contributed by atoms with Gasteiger partial charge in [-0.25, -0.2) is 0 Å². The van der Waals surface area contributed by atoms with Gasteiger partial charge in [-0.1, -0.05) is 35.9 Å². The molecule has 2 aromatic rings. The van der Waals surface area contributed by atoms with Gasteiger partial charge in [0, 0.05) is 11.9 Å². The number of nitriles is 1. The number of hydrogen-bond donors (Lipinski definition) is 2. The van der Waals surface area contributed by atoms with Gasteiger partial charge in [-0.15, -0.1) is 0 Å². The molecule has 0 aliphatic heterocycles. The van der Waals surface area contributed by atoms with Crippen molar-refractivity contribution in [3.8, 4) is 6.07 Å². The van der Waals surface area contributed by atoms with Crippen molar-refractivity contribution in [3.63, 3.8) is 0 Å². The smallest absolute Gasteiger partial charge is 0.263 e. The third-order valence-electron chi connectivity index (χ3n) is 5.62. The Kier molecular flexibility index (Phi) is 6.39. The van der Waals surface area contributed by atoms with Gasteiger partial charge in [-0.05, 0) is 81.2 Å². The van der Waals surface area contributed by atoms with Crippen LogP contribution in [0.2, 0.25) is 0 Å². The predicted molar refractivity (Wildman–Crippen MR) is 118 cm³/mol. The molecule has 0 spiro atoms. The molecule has 0 bridgehead atoms. The van der Waals surface area contributed by atoms with E-state index in [-0.39, 0.29) is 17.5 Å². The Morgan fingerprint density at radius 2 is 1.72 bits per heavy atom. The van der Waals surface area contributed by atoms with Gasteiger partial charge in [0.15, 0.2) is 0 Å². The van der Waals surface area contributed by atoms with Crippen LogP contribution < -0.4 is 10.6 Å². The van der Waals surface area contributed by atoms with Crippen LogP contribution >= 0.6 is 0 Å². The van der Waals surface area contributed by atoms with Crippen molar-refractivity contribution < 1.29 is 4.79 Å². The highest BCUT2D eigenvalue weighted by molar-refractivity contribution is 5.97. The summed E-state index contributed by atoms with van der Waals surface area (Å²) in [6, 6.07) is 12.5. The van der Waals surface area contributed by atoms with Gasteiger partial charge >= 0.3 is 0 Å². The number of anilines is 1. The normalized spacial score (nSPS) is 14.5. The van der Waals surface area contributed by atoms with E-state index in [1.54, 1.807) is 0 Å². The highest BCUT2D eigenvalue weighted by Gasteiger charge is 2.16. The Bertz CT molecular complexity index is 975. The first-order valence-electron chi connectivity index (χ1n) is 10.3. The van der Waals surface area contributed by atoms with Crippen LogP contribution in [0.5, 0.6) is 0 Å². The molecule has 150 valence electrons. The van der Waals surface area contributed by atoms with Crippen LogP contribution in [0.25, 0.3) is 0 Å². The number of fused-ring (bicyclic) bond motifs is 1. The molecule has 4 nitrogen and oxygen atoms in total. The monoisotopic (exact) mass is 387 g/mol. The van der Waals surface area contributed by atoms with Crippen LogP contribution in [0.1, 0.15) is 59.2 Å². The quantitative estimate of drug-likeness (QED) is 0.548.